The van der Waals surface area contributed by atoms with Gasteiger partial charge in [0.1, 0.15) is 0 Å². The average molecular weight is 254 g/mol. The molecule has 0 atom stereocenters. The number of carbonyl (C=O) groups excluding carboxylic acids is 2. The van der Waals surface area contributed by atoms with E-state index in [1.807, 2.05) is 0 Å². The highest BCUT2D eigenvalue weighted by Crippen LogP contribution is 2.08. The van der Waals surface area contributed by atoms with Crippen LogP contribution in [0.2, 0.25) is 0 Å². The van der Waals surface area contributed by atoms with Crippen LogP contribution < -0.4 is 0 Å². The van der Waals surface area contributed by atoms with Gasteiger partial charge in [-0.05, 0) is 18.9 Å². The van der Waals surface area contributed by atoms with E-state index in [9.17, 15) is 9.59 Å². The summed E-state index contributed by atoms with van der Waals surface area (Å²) in [6.07, 6.45) is 5.09. The molecule has 0 radical (unpaired) electrons. The monoisotopic (exact) mass is 254 g/mol. The molecule has 0 fully saturated rings. The minimum absolute atomic E-state index is 0.304. The topological polar surface area (TPSA) is 52.6 Å². The highest BCUT2D eigenvalue weighted by atomic mass is 16.6. The van der Waals surface area contributed by atoms with E-state index in [-0.39, 0.29) is 5.76 Å². The Morgan fingerprint density at radius 3 is 2.44 bits per heavy atom. The molecular weight excluding hydrogens is 232 g/mol. The van der Waals surface area contributed by atoms with E-state index in [1.54, 1.807) is 0 Å². The third-order valence-corrected chi connectivity index (χ3v) is 2.28. The van der Waals surface area contributed by atoms with Crippen LogP contribution in [0.15, 0.2) is 25.0 Å². The standard InChI is InChI=1S/C14H22O4/c1-5-13(15)18-12(4)14(16)17-10-8-6-7-9-11(2)3/h5,11H,1,4,6-10H2,2-3H3. The zero-order valence-corrected chi connectivity index (χ0v) is 11.2. The quantitative estimate of drug-likeness (QED) is 0.275. The zero-order chi connectivity index (χ0) is 14.0. The van der Waals surface area contributed by atoms with Crippen LogP contribution in [-0.2, 0) is 19.1 Å². The van der Waals surface area contributed by atoms with Gasteiger partial charge in [0.2, 0.25) is 5.76 Å². The Bertz CT molecular complexity index is 305. The van der Waals surface area contributed by atoms with Gasteiger partial charge in [-0.15, -0.1) is 0 Å². The van der Waals surface area contributed by atoms with Crippen LogP contribution in [0, 0.1) is 5.92 Å². The molecule has 0 N–H and O–H groups in total. The lowest BCUT2D eigenvalue weighted by Crippen LogP contribution is -2.13. The average Bonchev–Trinajstić information content (AvgIpc) is 2.32. The van der Waals surface area contributed by atoms with Crippen LogP contribution in [-0.4, -0.2) is 18.5 Å². The zero-order valence-electron chi connectivity index (χ0n) is 11.2. The van der Waals surface area contributed by atoms with Crippen molar-refractivity contribution in [2.75, 3.05) is 6.61 Å². The molecule has 0 heterocycles. The van der Waals surface area contributed by atoms with Crippen molar-refractivity contribution in [3.63, 3.8) is 0 Å². The molecule has 0 bridgehead atoms. The van der Waals surface area contributed by atoms with Gasteiger partial charge >= 0.3 is 11.9 Å². The Balaban J connectivity index is 3.61. The van der Waals surface area contributed by atoms with Crippen molar-refractivity contribution in [2.45, 2.75) is 39.5 Å². The Hall–Kier alpha value is -1.58. The molecule has 0 saturated heterocycles. The van der Waals surface area contributed by atoms with Gasteiger partial charge in [-0.25, -0.2) is 9.59 Å². The number of unbranched alkanes of at least 4 members (excludes halogenated alkanes) is 2. The number of hydrogen-bond acceptors (Lipinski definition) is 4. The fraction of sp³-hybridized carbons (Fsp3) is 0.571. The lowest BCUT2D eigenvalue weighted by atomic mass is 10.1. The van der Waals surface area contributed by atoms with E-state index >= 15 is 0 Å². The highest BCUT2D eigenvalue weighted by Gasteiger charge is 2.12. The summed E-state index contributed by atoms with van der Waals surface area (Å²) in [7, 11) is 0. The maximum Gasteiger partial charge on any atom is 0.373 e. The molecule has 0 aromatic heterocycles. The Morgan fingerprint density at radius 1 is 1.22 bits per heavy atom. The first-order valence-corrected chi connectivity index (χ1v) is 6.17. The third-order valence-electron chi connectivity index (χ3n) is 2.28. The summed E-state index contributed by atoms with van der Waals surface area (Å²) < 4.78 is 9.45. The molecule has 0 aliphatic heterocycles. The van der Waals surface area contributed by atoms with E-state index in [0.717, 1.165) is 25.3 Å². The number of carbonyl (C=O) groups is 2. The largest absolute Gasteiger partial charge is 0.460 e. The van der Waals surface area contributed by atoms with Gasteiger partial charge in [-0.2, -0.15) is 0 Å². The van der Waals surface area contributed by atoms with Crippen LogP contribution in [0.4, 0.5) is 0 Å². The van der Waals surface area contributed by atoms with Gasteiger partial charge in [-0.1, -0.05) is 39.7 Å². The Morgan fingerprint density at radius 2 is 1.89 bits per heavy atom. The van der Waals surface area contributed by atoms with E-state index in [2.05, 4.69) is 31.7 Å². The molecule has 0 aromatic rings. The Labute approximate surface area is 109 Å². The normalized spacial score (nSPS) is 9.94. The summed E-state index contributed by atoms with van der Waals surface area (Å²) in [6.45, 7) is 11.2. The summed E-state index contributed by atoms with van der Waals surface area (Å²) in [6, 6.07) is 0. The van der Waals surface area contributed by atoms with E-state index in [1.165, 1.54) is 6.42 Å². The van der Waals surface area contributed by atoms with Gasteiger partial charge in [0, 0.05) is 6.08 Å². The Kier molecular flexibility index (Phi) is 8.62. The van der Waals surface area contributed by atoms with Gasteiger partial charge in [0.05, 0.1) is 6.61 Å². The molecule has 0 rings (SSSR count). The van der Waals surface area contributed by atoms with Crippen LogP contribution in [0.25, 0.3) is 0 Å². The number of hydrogen-bond donors (Lipinski definition) is 0. The van der Waals surface area contributed by atoms with Gasteiger partial charge in [0.15, 0.2) is 0 Å². The van der Waals surface area contributed by atoms with Crippen molar-refractivity contribution in [1.82, 2.24) is 0 Å². The fourth-order valence-corrected chi connectivity index (χ4v) is 1.28. The first-order valence-electron chi connectivity index (χ1n) is 6.17. The number of esters is 2. The summed E-state index contributed by atoms with van der Waals surface area (Å²) in [5, 5.41) is 0. The molecule has 0 unspecified atom stereocenters. The second-order valence-corrected chi connectivity index (χ2v) is 4.43. The first kappa shape index (κ1) is 16.4. The van der Waals surface area contributed by atoms with Crippen LogP contribution >= 0.6 is 0 Å². The molecular formula is C14H22O4. The smallest absolute Gasteiger partial charge is 0.373 e. The summed E-state index contributed by atoms with van der Waals surface area (Å²) >= 11 is 0. The van der Waals surface area contributed by atoms with Gasteiger partial charge in [-0.3, -0.25) is 0 Å². The molecule has 18 heavy (non-hydrogen) atoms. The minimum atomic E-state index is -0.714. The molecule has 4 heteroatoms. The third kappa shape index (κ3) is 8.56. The van der Waals surface area contributed by atoms with Crippen LogP contribution in [0.1, 0.15) is 39.5 Å². The van der Waals surface area contributed by atoms with Crippen molar-refractivity contribution in [1.29, 1.82) is 0 Å². The van der Waals surface area contributed by atoms with Crippen LogP contribution in [0.5, 0.6) is 0 Å². The SMILES string of the molecule is C=CC(=O)OC(=C)C(=O)OCCCCCC(C)C. The van der Waals surface area contributed by atoms with E-state index in [0.29, 0.717) is 12.5 Å². The summed E-state index contributed by atoms with van der Waals surface area (Å²) in [4.78, 5) is 22.1. The number of ether oxygens (including phenoxy) is 2. The molecule has 0 spiro atoms. The first-order chi connectivity index (χ1) is 8.47. The molecule has 102 valence electrons. The fourth-order valence-electron chi connectivity index (χ4n) is 1.28. The van der Waals surface area contributed by atoms with E-state index < -0.39 is 11.9 Å². The van der Waals surface area contributed by atoms with Crippen molar-refractivity contribution in [3.05, 3.63) is 25.0 Å². The van der Waals surface area contributed by atoms with Gasteiger partial charge in [0.25, 0.3) is 0 Å². The molecule has 0 aromatic carbocycles. The molecule has 0 aliphatic rings. The van der Waals surface area contributed by atoms with Crippen LogP contribution in [0.3, 0.4) is 0 Å². The predicted octanol–water partition coefficient (Wildman–Crippen LogP) is 2.99. The highest BCUT2D eigenvalue weighted by molar-refractivity contribution is 5.91. The second kappa shape index (κ2) is 9.45. The maximum atomic E-state index is 11.3. The predicted molar refractivity (Wildman–Crippen MR) is 69.7 cm³/mol. The minimum Gasteiger partial charge on any atom is -0.460 e. The molecule has 0 amide bonds. The maximum absolute atomic E-state index is 11.3. The van der Waals surface area contributed by atoms with Crippen molar-refractivity contribution < 1.29 is 19.1 Å². The van der Waals surface area contributed by atoms with Gasteiger partial charge < -0.3 is 9.47 Å². The molecule has 0 aliphatic carbocycles. The van der Waals surface area contributed by atoms with Crippen molar-refractivity contribution in [3.8, 4) is 0 Å². The van der Waals surface area contributed by atoms with E-state index in [4.69, 9.17) is 4.74 Å². The van der Waals surface area contributed by atoms with Crippen molar-refractivity contribution in [2.24, 2.45) is 5.92 Å². The molecule has 0 saturated carbocycles. The molecule has 4 nitrogen and oxygen atoms in total. The lowest BCUT2D eigenvalue weighted by Gasteiger charge is -2.07. The summed E-state index contributed by atoms with van der Waals surface area (Å²) in [5.74, 6) is -1.02. The number of rotatable bonds is 9. The second-order valence-electron chi connectivity index (χ2n) is 4.43. The lowest BCUT2D eigenvalue weighted by molar-refractivity contribution is -0.149. The summed E-state index contributed by atoms with van der Waals surface area (Å²) in [5.41, 5.74) is 0. The van der Waals surface area contributed by atoms with Crippen molar-refractivity contribution >= 4 is 11.9 Å².